The number of rotatable bonds is 4. The molecule has 4 amide bonds. The van der Waals surface area contributed by atoms with E-state index < -0.39 is 51.7 Å². The van der Waals surface area contributed by atoms with Crippen LogP contribution in [0.15, 0.2) is 12.2 Å². The Labute approximate surface area is 223 Å². The van der Waals surface area contributed by atoms with E-state index in [9.17, 15) is 27.6 Å². The molecule has 4 N–H and O–H groups in total. The summed E-state index contributed by atoms with van der Waals surface area (Å²) in [6, 6.07) is -1.09. The number of nitrogens with one attached hydrogen (secondary N) is 2. The second kappa shape index (κ2) is 11.6. The van der Waals surface area contributed by atoms with Crippen molar-refractivity contribution in [3.63, 3.8) is 0 Å². The van der Waals surface area contributed by atoms with Crippen molar-refractivity contribution in [1.29, 1.82) is 0 Å². The molecule has 0 radical (unpaired) electrons. The van der Waals surface area contributed by atoms with E-state index in [1.54, 1.807) is 0 Å². The molecule has 0 aromatic carbocycles. The normalized spacial score (nSPS) is 34.1. The van der Waals surface area contributed by atoms with E-state index in [0.29, 0.717) is 45.2 Å². The van der Waals surface area contributed by atoms with Crippen molar-refractivity contribution in [3.8, 4) is 0 Å². The number of carbonyl (C=O) groups is 4. The van der Waals surface area contributed by atoms with Crippen molar-refractivity contribution in [2.45, 2.75) is 101 Å². The minimum Gasteiger partial charge on any atom is -0.436 e. The SMILES string of the molecule is CC1CCCCN1S(=O)(=O)NC(=O)C12CC1/C=C\CCCCCC(OC(N)=O)C(=O)N1CCCC1C(=O)N2. The lowest BCUT2D eigenvalue weighted by molar-refractivity contribution is -0.146. The summed E-state index contributed by atoms with van der Waals surface area (Å²) in [5, 5.41) is 2.81. The van der Waals surface area contributed by atoms with Gasteiger partial charge in [0.1, 0.15) is 11.6 Å². The Hall–Kier alpha value is -2.67. The van der Waals surface area contributed by atoms with Gasteiger partial charge in [-0.05, 0) is 64.7 Å². The Morgan fingerprint density at radius 1 is 1.08 bits per heavy atom. The second-order valence-corrected chi connectivity index (χ2v) is 12.5. The number of fused-ring (bicyclic) bond motifs is 2. The molecule has 12 nitrogen and oxygen atoms in total. The van der Waals surface area contributed by atoms with Crippen LogP contribution in [-0.4, -0.2) is 78.3 Å². The molecule has 3 aliphatic heterocycles. The summed E-state index contributed by atoms with van der Waals surface area (Å²) in [6.07, 6.45) is 8.53. The lowest BCUT2D eigenvalue weighted by Crippen LogP contribution is -2.59. The summed E-state index contributed by atoms with van der Waals surface area (Å²) in [6.45, 7) is 2.45. The lowest BCUT2D eigenvalue weighted by atomic mass is 10.1. The molecule has 3 fully saturated rings. The number of nitrogens with zero attached hydrogens (tertiary/aromatic N) is 2. The fourth-order valence-corrected chi connectivity index (χ4v) is 7.35. The maximum absolute atomic E-state index is 13.5. The first-order chi connectivity index (χ1) is 18.0. The summed E-state index contributed by atoms with van der Waals surface area (Å²) in [5.74, 6) is -2.14. The summed E-state index contributed by atoms with van der Waals surface area (Å²) < 4.78 is 34.8. The molecule has 38 heavy (non-hydrogen) atoms. The third-order valence-electron chi connectivity index (χ3n) is 8.12. The highest BCUT2D eigenvalue weighted by Crippen LogP contribution is 2.45. The predicted octanol–water partition coefficient (Wildman–Crippen LogP) is 1.07. The summed E-state index contributed by atoms with van der Waals surface area (Å²) in [7, 11) is -4.09. The van der Waals surface area contributed by atoms with Crippen molar-refractivity contribution in [2.24, 2.45) is 11.7 Å². The molecular weight excluding hydrogens is 514 g/mol. The number of hydrogen-bond acceptors (Lipinski definition) is 7. The third-order valence-corrected chi connectivity index (χ3v) is 9.72. The van der Waals surface area contributed by atoms with Gasteiger partial charge >= 0.3 is 16.3 Å². The first kappa shape index (κ1) is 28.3. The van der Waals surface area contributed by atoms with Crippen LogP contribution in [0.5, 0.6) is 0 Å². The molecule has 1 aliphatic carbocycles. The van der Waals surface area contributed by atoms with Crippen LogP contribution in [0.25, 0.3) is 0 Å². The average molecular weight is 554 g/mol. The van der Waals surface area contributed by atoms with Crippen molar-refractivity contribution in [2.75, 3.05) is 13.1 Å². The molecule has 0 aromatic rings. The molecule has 4 aliphatic rings. The Morgan fingerprint density at radius 2 is 1.84 bits per heavy atom. The van der Waals surface area contributed by atoms with Crippen LogP contribution >= 0.6 is 0 Å². The number of allylic oxidation sites excluding steroid dienone is 1. The van der Waals surface area contributed by atoms with Crippen LogP contribution in [-0.2, 0) is 29.3 Å². The van der Waals surface area contributed by atoms with E-state index in [1.165, 1.54) is 9.21 Å². The Bertz CT molecular complexity index is 1080. The number of primary amides is 1. The van der Waals surface area contributed by atoms with Crippen molar-refractivity contribution >= 4 is 34.0 Å². The molecule has 5 unspecified atom stereocenters. The Balaban J connectivity index is 1.56. The summed E-state index contributed by atoms with van der Waals surface area (Å²) >= 11 is 0. The molecule has 13 heteroatoms. The van der Waals surface area contributed by atoms with Crippen LogP contribution in [0.1, 0.15) is 77.6 Å². The Morgan fingerprint density at radius 3 is 2.58 bits per heavy atom. The molecule has 0 bridgehead atoms. The van der Waals surface area contributed by atoms with Gasteiger partial charge in [-0.3, -0.25) is 14.4 Å². The molecule has 3 heterocycles. The summed E-state index contributed by atoms with van der Waals surface area (Å²) in [4.78, 5) is 53.1. The average Bonchev–Trinajstić information content (AvgIpc) is 3.31. The topological polar surface area (TPSA) is 168 Å². The zero-order valence-corrected chi connectivity index (χ0v) is 22.7. The highest BCUT2D eigenvalue weighted by molar-refractivity contribution is 7.87. The van der Waals surface area contributed by atoms with Crippen LogP contribution < -0.4 is 15.8 Å². The smallest absolute Gasteiger partial charge is 0.405 e. The highest BCUT2D eigenvalue weighted by atomic mass is 32.2. The molecule has 0 spiro atoms. The van der Waals surface area contributed by atoms with E-state index in [1.807, 2.05) is 19.1 Å². The van der Waals surface area contributed by atoms with Crippen LogP contribution in [0.3, 0.4) is 0 Å². The van der Waals surface area contributed by atoms with Crippen LogP contribution in [0.2, 0.25) is 0 Å². The fourth-order valence-electron chi connectivity index (χ4n) is 5.87. The molecule has 5 atom stereocenters. The molecule has 0 aromatic heterocycles. The van der Waals surface area contributed by atoms with E-state index in [2.05, 4.69) is 10.0 Å². The van der Waals surface area contributed by atoms with E-state index >= 15 is 0 Å². The van der Waals surface area contributed by atoms with E-state index in [-0.39, 0.29) is 18.4 Å². The molecule has 212 valence electrons. The first-order valence-corrected chi connectivity index (χ1v) is 15.1. The maximum atomic E-state index is 13.5. The highest BCUT2D eigenvalue weighted by Gasteiger charge is 2.61. The lowest BCUT2D eigenvalue weighted by Gasteiger charge is -2.33. The number of amides is 4. The van der Waals surface area contributed by atoms with Gasteiger partial charge in [-0.25, -0.2) is 9.52 Å². The fraction of sp³-hybridized carbons (Fsp3) is 0.760. The van der Waals surface area contributed by atoms with Gasteiger partial charge in [-0.1, -0.05) is 25.0 Å². The number of ether oxygens (including phenoxy) is 1. The zero-order chi connectivity index (χ0) is 27.5. The number of hydrogen-bond donors (Lipinski definition) is 3. The van der Waals surface area contributed by atoms with Gasteiger partial charge in [0.05, 0.1) is 0 Å². The van der Waals surface area contributed by atoms with Gasteiger partial charge in [0.25, 0.3) is 11.8 Å². The Kier molecular flexibility index (Phi) is 8.65. The van der Waals surface area contributed by atoms with Crippen LogP contribution in [0.4, 0.5) is 4.79 Å². The largest absolute Gasteiger partial charge is 0.436 e. The maximum Gasteiger partial charge on any atom is 0.405 e. The van der Waals surface area contributed by atoms with Crippen molar-refractivity contribution in [1.82, 2.24) is 19.2 Å². The second-order valence-electron chi connectivity index (χ2n) is 10.8. The molecular formula is C25H39N5O7S. The standard InChI is InChI=1S/C25H39N5O7S/c1-17-10-7-8-15-30(17)38(35,36)28-23(33)25-16-18(25)11-5-3-2-4-6-13-20(37-24(26)34)22(32)29-14-9-12-19(29)21(31)27-25/h5,11,17-20H,2-4,6-10,12-16H2,1H3,(H2,26,34)(H,27,31)(H,28,33)/b11-5-. The van der Waals surface area contributed by atoms with Gasteiger partial charge in [-0.15, -0.1) is 0 Å². The molecule has 1 saturated carbocycles. The monoisotopic (exact) mass is 553 g/mol. The van der Waals surface area contributed by atoms with Crippen LogP contribution in [0, 0.1) is 5.92 Å². The van der Waals surface area contributed by atoms with Gasteiger partial charge in [0, 0.05) is 25.0 Å². The van der Waals surface area contributed by atoms with E-state index in [4.69, 9.17) is 10.5 Å². The minimum atomic E-state index is -4.09. The molecule has 2 saturated heterocycles. The number of piperidine rings is 1. The number of carbonyl (C=O) groups excluding carboxylic acids is 4. The summed E-state index contributed by atoms with van der Waals surface area (Å²) in [5.41, 5.74) is 3.79. The third kappa shape index (κ3) is 6.14. The minimum absolute atomic E-state index is 0.224. The van der Waals surface area contributed by atoms with Gasteiger partial charge in [-0.2, -0.15) is 12.7 Å². The predicted molar refractivity (Wildman–Crippen MR) is 137 cm³/mol. The van der Waals surface area contributed by atoms with Gasteiger partial charge in [0.15, 0.2) is 6.10 Å². The van der Waals surface area contributed by atoms with Gasteiger partial charge in [0.2, 0.25) is 5.91 Å². The molecule has 4 rings (SSSR count). The number of nitrogens with two attached hydrogens (primary N) is 1. The van der Waals surface area contributed by atoms with Gasteiger partial charge < -0.3 is 20.7 Å². The first-order valence-electron chi connectivity index (χ1n) is 13.6. The quantitative estimate of drug-likeness (QED) is 0.438. The van der Waals surface area contributed by atoms with Crippen molar-refractivity contribution < 1.29 is 32.3 Å². The van der Waals surface area contributed by atoms with E-state index in [0.717, 1.165) is 32.1 Å². The zero-order valence-electron chi connectivity index (χ0n) is 21.9. The van der Waals surface area contributed by atoms with Crippen molar-refractivity contribution in [3.05, 3.63) is 12.2 Å².